The number of hydrogen-bond acceptors (Lipinski definition) is 16. The molecular formula is C85H114N16O4. The Morgan fingerprint density at radius 3 is 0.895 bits per heavy atom. The van der Waals surface area contributed by atoms with Crippen LogP contribution in [0, 0.1) is 27.7 Å². The molecule has 4 fully saturated rings. The monoisotopic (exact) mass is 1420 g/mol. The van der Waals surface area contributed by atoms with E-state index < -0.39 is 0 Å². The third-order valence-electron chi connectivity index (χ3n) is 20.5. The molecule has 8 heterocycles. The summed E-state index contributed by atoms with van der Waals surface area (Å²) in [7, 11) is 0. The second kappa shape index (κ2) is 37.3. The molecule has 4 saturated heterocycles. The van der Waals surface area contributed by atoms with Crippen LogP contribution in [0.4, 0.5) is 23.3 Å². The molecule has 0 radical (unpaired) electrons. The Kier molecular flexibility index (Phi) is 28.2. The zero-order valence-corrected chi connectivity index (χ0v) is 65.4. The van der Waals surface area contributed by atoms with Gasteiger partial charge in [-0.15, -0.1) is 20.4 Å². The van der Waals surface area contributed by atoms with Crippen LogP contribution in [0.15, 0.2) is 146 Å². The molecule has 4 aliphatic rings. The van der Waals surface area contributed by atoms with E-state index >= 15 is 0 Å². The number of aryl methyl sites for hydroxylation is 4. The summed E-state index contributed by atoms with van der Waals surface area (Å²) in [5.74, 6) is 6.39. The Morgan fingerprint density at radius 1 is 0.305 bits per heavy atom. The first kappa shape index (κ1) is 79.4. The van der Waals surface area contributed by atoms with Crippen LogP contribution in [0.5, 0.6) is 0 Å². The summed E-state index contributed by atoms with van der Waals surface area (Å²) in [4.78, 5) is 67.9. The summed E-state index contributed by atoms with van der Waals surface area (Å²) in [5.41, 5.74) is 13.2. The topological polar surface area (TPSA) is 197 Å². The molecule has 4 amide bonds. The fourth-order valence-electron chi connectivity index (χ4n) is 14.0. The van der Waals surface area contributed by atoms with Gasteiger partial charge in [0.05, 0.1) is 48.5 Å². The lowest BCUT2D eigenvalue weighted by molar-refractivity contribution is -0.133. The molecule has 0 unspecified atom stereocenters. The van der Waals surface area contributed by atoms with Crippen molar-refractivity contribution in [2.75, 3.05) is 91.6 Å². The maximum Gasteiger partial charge on any atom is 0.227 e. The van der Waals surface area contributed by atoms with Gasteiger partial charge in [-0.1, -0.05) is 152 Å². The Balaban J connectivity index is 0.000000162. The van der Waals surface area contributed by atoms with Crippen LogP contribution in [0.3, 0.4) is 0 Å². The smallest absolute Gasteiger partial charge is 0.227 e. The van der Waals surface area contributed by atoms with Crippen molar-refractivity contribution >= 4 is 46.9 Å². The van der Waals surface area contributed by atoms with E-state index in [2.05, 4.69) is 247 Å². The van der Waals surface area contributed by atoms with Gasteiger partial charge in [0, 0.05) is 102 Å². The number of aromatic nitrogens is 8. The summed E-state index contributed by atoms with van der Waals surface area (Å²) in [6.45, 7) is 44.1. The molecule has 105 heavy (non-hydrogen) atoms. The molecular weight excluding hydrogens is 1310 g/mol. The number of anilines is 4. The standard InChI is InChI=1S/C22H30N4O.3C21H28N4O/c1-15(2)20-9-7-19(8-10-20)12-22(27)25-13-17(4)26(18(5)14-25)21-11-6-16(3)23-24-21;2*1-15(2)19-8-6-18(7-9-19)13-21(26)24-11-12-25(17(4)14-24)20-10-5-16(3)22-23-20;1-15(2)19-8-6-18(7-9-19)13-21(26)25-12-11-24(14-17(25)4)20-10-5-16(3)22-23-20/h6-11,15,17-18H,12-14H2,1-5H3;3*5-10,15,17H,11-14H2,1-4H3/t17-,18+;3*17-/m.101/s1. The van der Waals surface area contributed by atoms with Crippen LogP contribution in [-0.2, 0) is 44.9 Å². The largest absolute Gasteiger partial charge is 0.351 e. The summed E-state index contributed by atoms with van der Waals surface area (Å²) in [5, 5.41) is 33.8. The number of hydrogen-bond donors (Lipinski definition) is 0. The minimum atomic E-state index is 0.161. The summed E-state index contributed by atoms with van der Waals surface area (Å²) < 4.78 is 0. The predicted molar refractivity (Wildman–Crippen MR) is 422 cm³/mol. The quantitative estimate of drug-likeness (QED) is 0.0884. The Hall–Kier alpha value is -9.72. The molecule has 5 atom stereocenters. The zero-order valence-electron chi connectivity index (χ0n) is 65.4. The average Bonchev–Trinajstić information content (AvgIpc) is 0.804. The van der Waals surface area contributed by atoms with E-state index in [0.29, 0.717) is 62.4 Å². The summed E-state index contributed by atoms with van der Waals surface area (Å²) in [6.07, 6.45) is 1.86. The highest BCUT2D eigenvalue weighted by Gasteiger charge is 2.34. The van der Waals surface area contributed by atoms with E-state index in [9.17, 15) is 19.2 Å². The maximum atomic E-state index is 12.8. The highest BCUT2D eigenvalue weighted by molar-refractivity contribution is 5.81. The number of carbonyl (C=O) groups is 4. The molecule has 0 saturated carbocycles. The van der Waals surface area contributed by atoms with Crippen molar-refractivity contribution in [1.82, 2.24) is 60.4 Å². The molecule has 20 heteroatoms. The van der Waals surface area contributed by atoms with Crippen molar-refractivity contribution < 1.29 is 19.2 Å². The summed E-state index contributed by atoms with van der Waals surface area (Å²) in [6, 6.07) is 50.7. The van der Waals surface area contributed by atoms with E-state index in [1.165, 1.54) is 22.3 Å². The van der Waals surface area contributed by atoms with Crippen LogP contribution >= 0.6 is 0 Å². The Labute approximate surface area is 625 Å². The average molecular weight is 1420 g/mol. The van der Waals surface area contributed by atoms with E-state index in [1.807, 2.05) is 95.8 Å². The molecule has 0 N–H and O–H groups in total. The molecule has 12 rings (SSSR count). The summed E-state index contributed by atoms with van der Waals surface area (Å²) >= 11 is 0. The van der Waals surface area contributed by atoms with E-state index in [-0.39, 0.29) is 53.8 Å². The minimum absolute atomic E-state index is 0.161. The molecule has 0 bridgehead atoms. The number of benzene rings is 4. The second-order valence-electron chi connectivity index (χ2n) is 30.5. The van der Waals surface area contributed by atoms with Gasteiger partial charge in [-0.25, -0.2) is 0 Å². The number of rotatable bonds is 16. The molecule has 4 aromatic heterocycles. The van der Waals surface area contributed by atoms with E-state index in [0.717, 1.165) is 127 Å². The van der Waals surface area contributed by atoms with Crippen LogP contribution in [0.2, 0.25) is 0 Å². The van der Waals surface area contributed by atoms with Crippen LogP contribution in [0.25, 0.3) is 0 Å². The molecule has 4 aliphatic heterocycles. The first-order chi connectivity index (χ1) is 50.2. The fraction of sp³-hybridized carbons (Fsp3) is 0.482. The lowest BCUT2D eigenvalue weighted by Gasteiger charge is -2.45. The highest BCUT2D eigenvalue weighted by Crippen LogP contribution is 2.27. The van der Waals surface area contributed by atoms with Gasteiger partial charge in [-0.05, 0) is 179 Å². The van der Waals surface area contributed by atoms with Gasteiger partial charge in [-0.2, -0.15) is 20.4 Å². The number of carbonyl (C=O) groups excluding carboxylic acids is 4. The molecule has 558 valence electrons. The van der Waals surface area contributed by atoms with Crippen molar-refractivity contribution in [3.63, 3.8) is 0 Å². The van der Waals surface area contributed by atoms with Crippen LogP contribution in [-0.4, -0.2) is 186 Å². The highest BCUT2D eigenvalue weighted by atomic mass is 16.2. The van der Waals surface area contributed by atoms with Gasteiger partial charge >= 0.3 is 0 Å². The molecule has 0 aliphatic carbocycles. The lowest BCUT2D eigenvalue weighted by atomic mass is 10.0. The first-order valence-electron chi connectivity index (χ1n) is 37.9. The molecule has 0 spiro atoms. The minimum Gasteiger partial charge on any atom is -0.351 e. The third-order valence-corrected chi connectivity index (χ3v) is 20.5. The first-order valence-corrected chi connectivity index (χ1v) is 37.9. The van der Waals surface area contributed by atoms with Crippen molar-refractivity contribution in [2.24, 2.45) is 0 Å². The van der Waals surface area contributed by atoms with Crippen molar-refractivity contribution in [2.45, 2.75) is 197 Å². The molecule has 4 aromatic carbocycles. The Bertz CT molecular complexity index is 3900. The number of amides is 4. The van der Waals surface area contributed by atoms with Gasteiger partial charge in [0.1, 0.15) is 0 Å². The SMILES string of the molecule is Cc1ccc(N2CCN(C(=O)Cc3ccc(C(C)C)cc3)C[C@@H]2C)nn1.Cc1ccc(N2CCN(C(=O)Cc3ccc(C(C)C)cc3)C[C@H]2C)nn1.Cc1ccc(N2CCN(C(=O)Cc3ccc(C(C)C)cc3)[C@H](C)C2)nn1.Cc1ccc(N2[C@H](C)CN(C(=O)Cc3ccc(C(C)C)cc3)C[C@@H]2C)nn1. The zero-order chi connectivity index (χ0) is 75.6. The van der Waals surface area contributed by atoms with Crippen molar-refractivity contribution in [3.05, 3.63) is 213 Å². The van der Waals surface area contributed by atoms with Crippen molar-refractivity contribution in [1.29, 1.82) is 0 Å². The predicted octanol–water partition coefficient (Wildman–Crippen LogP) is 13.1. The van der Waals surface area contributed by atoms with Gasteiger partial charge in [0.2, 0.25) is 23.6 Å². The maximum absolute atomic E-state index is 12.8. The molecule has 20 nitrogen and oxygen atoms in total. The second-order valence-corrected chi connectivity index (χ2v) is 30.5. The van der Waals surface area contributed by atoms with Crippen LogP contribution < -0.4 is 19.6 Å². The van der Waals surface area contributed by atoms with E-state index in [1.54, 1.807) is 0 Å². The third kappa shape index (κ3) is 22.4. The number of nitrogens with zero attached hydrogens (tertiary/aromatic N) is 16. The molecule has 8 aromatic rings. The van der Waals surface area contributed by atoms with Crippen molar-refractivity contribution in [3.8, 4) is 0 Å². The van der Waals surface area contributed by atoms with Gasteiger partial charge in [0.25, 0.3) is 0 Å². The Morgan fingerprint density at radius 2 is 0.600 bits per heavy atom. The lowest BCUT2D eigenvalue weighted by Crippen LogP contribution is -2.58. The van der Waals surface area contributed by atoms with Gasteiger partial charge < -0.3 is 39.2 Å². The number of piperazine rings is 4. The van der Waals surface area contributed by atoms with Gasteiger partial charge in [-0.3, -0.25) is 19.2 Å². The normalized spacial score (nSPS) is 18.3. The van der Waals surface area contributed by atoms with Crippen LogP contribution in [0.1, 0.15) is 181 Å². The fourth-order valence-corrected chi connectivity index (χ4v) is 14.0. The van der Waals surface area contributed by atoms with Gasteiger partial charge in [0.15, 0.2) is 23.3 Å². The van der Waals surface area contributed by atoms with E-state index in [4.69, 9.17) is 0 Å².